The van der Waals surface area contributed by atoms with Crippen molar-refractivity contribution in [3.05, 3.63) is 0 Å². The van der Waals surface area contributed by atoms with Crippen LogP contribution in [0, 0.1) is 11.3 Å². The fraction of sp³-hybridized carbons (Fsp3) is 0.882. The van der Waals surface area contributed by atoms with Crippen molar-refractivity contribution in [1.82, 2.24) is 15.5 Å². The Labute approximate surface area is 134 Å². The van der Waals surface area contributed by atoms with Crippen LogP contribution >= 0.6 is 0 Å². The molecule has 5 nitrogen and oxygen atoms in total. The zero-order valence-corrected chi connectivity index (χ0v) is 14.1. The highest BCUT2D eigenvalue weighted by Crippen LogP contribution is 2.44. The molecule has 0 bridgehead atoms. The summed E-state index contributed by atoms with van der Waals surface area (Å²) in [4.78, 5) is 25.7. The smallest absolute Gasteiger partial charge is 0.315 e. The lowest BCUT2D eigenvalue weighted by molar-refractivity contribution is -0.132. The maximum Gasteiger partial charge on any atom is 0.315 e. The van der Waals surface area contributed by atoms with Crippen LogP contribution in [0.25, 0.3) is 0 Å². The molecule has 1 heterocycles. The number of rotatable bonds is 4. The molecular weight excluding hydrogens is 278 g/mol. The molecule has 3 amide bonds. The third-order valence-electron chi connectivity index (χ3n) is 5.16. The second-order valence-corrected chi connectivity index (χ2v) is 7.40. The van der Waals surface area contributed by atoms with E-state index in [4.69, 9.17) is 0 Å². The van der Waals surface area contributed by atoms with E-state index in [-0.39, 0.29) is 18.5 Å². The zero-order valence-electron chi connectivity index (χ0n) is 14.1. The summed E-state index contributed by atoms with van der Waals surface area (Å²) in [5, 5.41) is 5.43. The Balaban J connectivity index is 1.67. The molecule has 2 fully saturated rings. The highest BCUT2D eigenvalue weighted by molar-refractivity contribution is 5.84. The van der Waals surface area contributed by atoms with Crippen molar-refractivity contribution in [2.75, 3.05) is 26.2 Å². The molecule has 126 valence electrons. The number of piperidine rings is 1. The van der Waals surface area contributed by atoms with Gasteiger partial charge in [-0.3, -0.25) is 4.79 Å². The average Bonchev–Trinajstić information content (AvgIpc) is 2.52. The summed E-state index contributed by atoms with van der Waals surface area (Å²) in [6.45, 7) is 6.53. The first-order valence-electron chi connectivity index (χ1n) is 8.80. The summed E-state index contributed by atoms with van der Waals surface area (Å²) < 4.78 is 0. The summed E-state index contributed by atoms with van der Waals surface area (Å²) in [6, 6.07) is -0.247. The lowest BCUT2D eigenvalue weighted by Gasteiger charge is -2.44. The van der Waals surface area contributed by atoms with Gasteiger partial charge in [0.2, 0.25) is 5.91 Å². The predicted molar refractivity (Wildman–Crippen MR) is 87.6 cm³/mol. The van der Waals surface area contributed by atoms with Crippen LogP contribution in [0.3, 0.4) is 0 Å². The van der Waals surface area contributed by atoms with Gasteiger partial charge in [-0.15, -0.1) is 0 Å². The van der Waals surface area contributed by atoms with Crippen LogP contribution in [-0.2, 0) is 4.79 Å². The summed E-state index contributed by atoms with van der Waals surface area (Å²) in [6.07, 6.45) is 9.03. The summed E-state index contributed by atoms with van der Waals surface area (Å²) >= 11 is 0. The Morgan fingerprint density at radius 3 is 2.23 bits per heavy atom. The number of carbonyl (C=O) groups excluding carboxylic acids is 2. The lowest BCUT2D eigenvalue weighted by atomic mass is 9.68. The van der Waals surface area contributed by atoms with Gasteiger partial charge in [0.1, 0.15) is 0 Å². The maximum absolute atomic E-state index is 12.2. The van der Waals surface area contributed by atoms with Gasteiger partial charge in [0, 0.05) is 19.6 Å². The molecule has 0 radical (unpaired) electrons. The van der Waals surface area contributed by atoms with Gasteiger partial charge < -0.3 is 15.5 Å². The number of hydrogen-bond acceptors (Lipinski definition) is 2. The number of nitrogens with zero attached hydrogens (tertiary/aromatic N) is 1. The molecular formula is C17H31N3O2. The van der Waals surface area contributed by atoms with Gasteiger partial charge in [0.05, 0.1) is 6.54 Å². The minimum atomic E-state index is -0.247. The van der Waals surface area contributed by atoms with E-state index in [2.05, 4.69) is 10.6 Å². The Hall–Kier alpha value is -1.26. The Bertz CT molecular complexity index is 379. The molecule has 0 aromatic rings. The van der Waals surface area contributed by atoms with E-state index in [1.807, 2.05) is 18.7 Å². The van der Waals surface area contributed by atoms with E-state index in [0.717, 1.165) is 25.9 Å². The van der Waals surface area contributed by atoms with Gasteiger partial charge in [-0.05, 0) is 37.0 Å². The Kier molecular flexibility index (Phi) is 6.09. The van der Waals surface area contributed by atoms with Crippen LogP contribution in [0.5, 0.6) is 0 Å². The standard InChI is InChI=1S/C17H31N3O2/c1-14(2)12-18-16(22)19-13-15(21)20-10-8-17(9-11-20)6-4-3-5-7-17/h14H,3-13H2,1-2H3,(H2,18,19,22). The zero-order chi connectivity index (χ0) is 16.0. The molecule has 2 N–H and O–H groups in total. The molecule has 0 atom stereocenters. The summed E-state index contributed by atoms with van der Waals surface area (Å²) in [7, 11) is 0. The first-order chi connectivity index (χ1) is 10.5. The van der Waals surface area contributed by atoms with E-state index in [1.165, 1.54) is 32.1 Å². The monoisotopic (exact) mass is 309 g/mol. The molecule has 1 aliphatic carbocycles. The topological polar surface area (TPSA) is 61.4 Å². The van der Waals surface area contributed by atoms with Crippen molar-refractivity contribution >= 4 is 11.9 Å². The minimum absolute atomic E-state index is 0.0466. The number of urea groups is 1. The number of hydrogen-bond donors (Lipinski definition) is 2. The van der Waals surface area contributed by atoms with E-state index in [0.29, 0.717) is 17.9 Å². The Morgan fingerprint density at radius 1 is 1.00 bits per heavy atom. The van der Waals surface area contributed by atoms with Crippen molar-refractivity contribution in [1.29, 1.82) is 0 Å². The molecule has 5 heteroatoms. The third kappa shape index (κ3) is 4.89. The van der Waals surface area contributed by atoms with Gasteiger partial charge in [-0.2, -0.15) is 0 Å². The van der Waals surface area contributed by atoms with Gasteiger partial charge in [0.25, 0.3) is 0 Å². The molecule has 0 aromatic heterocycles. The van der Waals surface area contributed by atoms with Crippen molar-refractivity contribution in [2.45, 2.75) is 58.8 Å². The number of likely N-dealkylation sites (tertiary alicyclic amines) is 1. The maximum atomic E-state index is 12.2. The number of carbonyl (C=O) groups is 2. The first kappa shape index (κ1) is 17.1. The van der Waals surface area contributed by atoms with Gasteiger partial charge >= 0.3 is 6.03 Å². The normalized spacial score (nSPS) is 21.0. The molecule has 0 aromatic carbocycles. The van der Waals surface area contributed by atoms with Crippen LogP contribution in [0.15, 0.2) is 0 Å². The predicted octanol–water partition coefficient (Wildman–Crippen LogP) is 2.51. The quantitative estimate of drug-likeness (QED) is 0.838. The summed E-state index contributed by atoms with van der Waals surface area (Å²) in [5.74, 6) is 0.459. The summed E-state index contributed by atoms with van der Waals surface area (Å²) in [5.41, 5.74) is 0.511. The highest BCUT2D eigenvalue weighted by atomic mass is 16.2. The van der Waals surface area contributed by atoms with E-state index < -0.39 is 0 Å². The molecule has 1 spiro atoms. The third-order valence-corrected chi connectivity index (χ3v) is 5.16. The van der Waals surface area contributed by atoms with Crippen molar-refractivity contribution in [3.63, 3.8) is 0 Å². The molecule has 1 saturated heterocycles. The highest BCUT2D eigenvalue weighted by Gasteiger charge is 2.36. The van der Waals surface area contributed by atoms with Crippen LogP contribution < -0.4 is 10.6 Å². The van der Waals surface area contributed by atoms with Gasteiger partial charge in [0.15, 0.2) is 0 Å². The Morgan fingerprint density at radius 2 is 1.64 bits per heavy atom. The largest absolute Gasteiger partial charge is 0.341 e. The van der Waals surface area contributed by atoms with Crippen LogP contribution in [0.1, 0.15) is 58.8 Å². The molecule has 2 aliphatic rings. The van der Waals surface area contributed by atoms with Crippen LogP contribution in [-0.4, -0.2) is 43.0 Å². The van der Waals surface area contributed by atoms with Crippen LogP contribution in [0.4, 0.5) is 4.79 Å². The second kappa shape index (κ2) is 7.84. The van der Waals surface area contributed by atoms with Gasteiger partial charge in [-0.25, -0.2) is 4.79 Å². The van der Waals surface area contributed by atoms with E-state index >= 15 is 0 Å². The first-order valence-corrected chi connectivity index (χ1v) is 8.80. The van der Waals surface area contributed by atoms with Crippen LogP contribution in [0.2, 0.25) is 0 Å². The molecule has 2 rings (SSSR count). The van der Waals surface area contributed by atoms with Crippen molar-refractivity contribution < 1.29 is 9.59 Å². The average molecular weight is 309 g/mol. The van der Waals surface area contributed by atoms with Crippen molar-refractivity contribution in [3.8, 4) is 0 Å². The molecule has 1 aliphatic heterocycles. The molecule has 22 heavy (non-hydrogen) atoms. The SMILES string of the molecule is CC(C)CNC(=O)NCC(=O)N1CCC2(CCCCC2)CC1. The second-order valence-electron chi connectivity index (χ2n) is 7.40. The fourth-order valence-electron chi connectivity index (χ4n) is 3.66. The molecule has 1 saturated carbocycles. The fourth-order valence-corrected chi connectivity index (χ4v) is 3.66. The van der Waals surface area contributed by atoms with E-state index in [1.54, 1.807) is 0 Å². The number of amides is 3. The molecule has 0 unspecified atom stereocenters. The lowest BCUT2D eigenvalue weighted by Crippen LogP contribution is -2.48. The van der Waals surface area contributed by atoms with Crippen molar-refractivity contribution in [2.24, 2.45) is 11.3 Å². The minimum Gasteiger partial charge on any atom is -0.341 e. The van der Waals surface area contributed by atoms with Gasteiger partial charge in [-0.1, -0.05) is 33.1 Å². The number of nitrogens with one attached hydrogen (secondary N) is 2. The van der Waals surface area contributed by atoms with E-state index in [9.17, 15) is 9.59 Å².